The highest BCUT2D eigenvalue weighted by Crippen LogP contribution is 2.31. The summed E-state index contributed by atoms with van der Waals surface area (Å²) in [7, 11) is 0. The number of benzene rings is 2. The summed E-state index contributed by atoms with van der Waals surface area (Å²) < 4.78 is 0. The Balaban J connectivity index is 2.29. The van der Waals surface area contributed by atoms with Gasteiger partial charge in [0.15, 0.2) is 0 Å². The number of hydrogen-bond donors (Lipinski definition) is 1. The topological polar surface area (TPSA) is 63.4 Å². The predicted molar refractivity (Wildman–Crippen MR) is 74.3 cm³/mol. The Morgan fingerprint density at radius 1 is 1.21 bits per heavy atom. The van der Waals surface area contributed by atoms with Gasteiger partial charge in [-0.05, 0) is 31.2 Å². The summed E-state index contributed by atoms with van der Waals surface area (Å²) in [5.41, 5.74) is 1.45. The average molecular weight is 275 g/mol. The van der Waals surface area contributed by atoms with Gasteiger partial charge in [-0.25, -0.2) is 0 Å². The molecule has 0 atom stereocenters. The number of nitro benzene ring substituents is 1. The highest BCUT2D eigenvalue weighted by atomic mass is 32.2. The van der Waals surface area contributed by atoms with Gasteiger partial charge in [0, 0.05) is 15.9 Å². The Morgan fingerprint density at radius 3 is 2.58 bits per heavy atom. The molecule has 0 aromatic heterocycles. The molecule has 98 valence electrons. The fraction of sp³-hybridized carbons (Fsp3) is 0.143. The largest absolute Gasteiger partial charge is 0.391 e. The fourth-order valence-corrected chi connectivity index (χ4v) is 2.75. The third kappa shape index (κ3) is 3.33. The normalized spacial score (nSPS) is 10.4. The Morgan fingerprint density at radius 2 is 1.95 bits per heavy atom. The minimum Gasteiger partial charge on any atom is -0.391 e. The summed E-state index contributed by atoms with van der Waals surface area (Å²) in [6, 6.07) is 12.8. The lowest BCUT2D eigenvalue weighted by atomic mass is 10.2. The van der Waals surface area contributed by atoms with E-state index in [1.807, 2.05) is 31.2 Å². The lowest BCUT2D eigenvalue weighted by molar-refractivity contribution is -0.385. The molecule has 0 unspecified atom stereocenters. The van der Waals surface area contributed by atoms with E-state index in [1.165, 1.54) is 17.8 Å². The van der Waals surface area contributed by atoms with Crippen LogP contribution in [0.5, 0.6) is 0 Å². The first-order valence-electron chi connectivity index (χ1n) is 5.73. The van der Waals surface area contributed by atoms with Crippen molar-refractivity contribution in [1.82, 2.24) is 0 Å². The SMILES string of the molecule is Cc1cccc(Sc2ccc([N+](=O)[O-])c(CO)c2)c1. The van der Waals surface area contributed by atoms with Crippen LogP contribution in [0.25, 0.3) is 0 Å². The highest BCUT2D eigenvalue weighted by Gasteiger charge is 2.13. The van der Waals surface area contributed by atoms with E-state index < -0.39 is 4.92 Å². The van der Waals surface area contributed by atoms with E-state index in [0.717, 1.165) is 15.4 Å². The number of aliphatic hydroxyl groups excluding tert-OH is 1. The summed E-state index contributed by atoms with van der Waals surface area (Å²) in [5.74, 6) is 0. The van der Waals surface area contributed by atoms with Crippen molar-refractivity contribution in [3.05, 3.63) is 63.7 Å². The van der Waals surface area contributed by atoms with Gasteiger partial charge in [-0.3, -0.25) is 10.1 Å². The molecule has 2 rings (SSSR count). The molecule has 0 fully saturated rings. The third-order valence-electron chi connectivity index (χ3n) is 2.64. The van der Waals surface area contributed by atoms with E-state index in [1.54, 1.807) is 12.1 Å². The molecule has 0 amide bonds. The molecule has 0 spiro atoms. The number of nitrogens with zero attached hydrogens (tertiary/aromatic N) is 1. The van der Waals surface area contributed by atoms with Gasteiger partial charge in [-0.1, -0.05) is 29.5 Å². The van der Waals surface area contributed by atoms with E-state index in [2.05, 4.69) is 0 Å². The average Bonchev–Trinajstić information content (AvgIpc) is 2.38. The van der Waals surface area contributed by atoms with Crippen molar-refractivity contribution in [2.45, 2.75) is 23.3 Å². The van der Waals surface area contributed by atoms with Crippen molar-refractivity contribution in [2.24, 2.45) is 0 Å². The summed E-state index contributed by atoms with van der Waals surface area (Å²) in [5, 5.41) is 20.0. The maximum absolute atomic E-state index is 10.8. The summed E-state index contributed by atoms with van der Waals surface area (Å²) in [6.45, 7) is 1.68. The van der Waals surface area contributed by atoms with Crippen LogP contribution in [0.2, 0.25) is 0 Å². The molecule has 1 N–H and O–H groups in total. The molecule has 0 aliphatic rings. The van der Waals surface area contributed by atoms with Gasteiger partial charge in [0.05, 0.1) is 17.1 Å². The number of aliphatic hydroxyl groups is 1. The number of rotatable bonds is 4. The van der Waals surface area contributed by atoms with Crippen molar-refractivity contribution in [2.75, 3.05) is 0 Å². The molecule has 0 saturated carbocycles. The van der Waals surface area contributed by atoms with E-state index in [4.69, 9.17) is 0 Å². The second-order valence-electron chi connectivity index (χ2n) is 4.12. The molecule has 2 aromatic carbocycles. The molecule has 0 aliphatic heterocycles. The van der Waals surface area contributed by atoms with Gasteiger partial charge in [0.25, 0.3) is 5.69 Å². The first-order chi connectivity index (χ1) is 9.10. The maximum atomic E-state index is 10.8. The summed E-state index contributed by atoms with van der Waals surface area (Å²) in [4.78, 5) is 12.2. The van der Waals surface area contributed by atoms with Crippen LogP contribution in [0.4, 0.5) is 5.69 Å². The van der Waals surface area contributed by atoms with Crippen LogP contribution in [0.3, 0.4) is 0 Å². The monoisotopic (exact) mass is 275 g/mol. The molecular formula is C14H13NO3S. The van der Waals surface area contributed by atoms with Crippen LogP contribution in [0.15, 0.2) is 52.3 Å². The van der Waals surface area contributed by atoms with Crippen molar-refractivity contribution in [1.29, 1.82) is 0 Å². The van der Waals surface area contributed by atoms with E-state index >= 15 is 0 Å². The highest BCUT2D eigenvalue weighted by molar-refractivity contribution is 7.99. The zero-order valence-corrected chi connectivity index (χ0v) is 11.2. The first kappa shape index (κ1) is 13.6. The Kier molecular flexibility index (Phi) is 4.19. The zero-order chi connectivity index (χ0) is 13.8. The minimum atomic E-state index is -0.479. The minimum absolute atomic E-state index is 0.0453. The lowest BCUT2D eigenvalue weighted by Crippen LogP contribution is -1.95. The standard InChI is InChI=1S/C14H13NO3S/c1-10-3-2-4-12(7-10)19-13-5-6-14(15(17)18)11(8-13)9-16/h2-8,16H,9H2,1H3. The quantitative estimate of drug-likeness (QED) is 0.684. The second-order valence-corrected chi connectivity index (χ2v) is 5.27. The number of aryl methyl sites for hydroxylation is 1. The molecule has 19 heavy (non-hydrogen) atoms. The van der Waals surface area contributed by atoms with Gasteiger partial charge in [-0.2, -0.15) is 0 Å². The van der Waals surface area contributed by atoms with Crippen molar-refractivity contribution in [3.8, 4) is 0 Å². The fourth-order valence-electron chi connectivity index (χ4n) is 1.75. The number of nitro groups is 1. The zero-order valence-electron chi connectivity index (χ0n) is 10.4. The van der Waals surface area contributed by atoms with Crippen LogP contribution >= 0.6 is 11.8 Å². The van der Waals surface area contributed by atoms with Crippen LogP contribution < -0.4 is 0 Å². The molecule has 2 aromatic rings. The van der Waals surface area contributed by atoms with Crippen molar-refractivity contribution in [3.63, 3.8) is 0 Å². The Hall–Kier alpha value is -1.85. The van der Waals surface area contributed by atoms with Gasteiger partial charge in [-0.15, -0.1) is 0 Å². The van der Waals surface area contributed by atoms with Crippen LogP contribution in [-0.2, 0) is 6.61 Å². The molecule has 0 bridgehead atoms. The van der Waals surface area contributed by atoms with E-state index in [0.29, 0.717) is 5.56 Å². The van der Waals surface area contributed by atoms with Crippen LogP contribution in [-0.4, -0.2) is 10.0 Å². The molecule has 0 saturated heterocycles. The number of hydrogen-bond acceptors (Lipinski definition) is 4. The Labute approximate surface area is 115 Å². The van der Waals surface area contributed by atoms with Gasteiger partial charge in [0.1, 0.15) is 0 Å². The van der Waals surface area contributed by atoms with Gasteiger partial charge < -0.3 is 5.11 Å². The third-order valence-corrected chi connectivity index (χ3v) is 3.62. The summed E-state index contributed by atoms with van der Waals surface area (Å²) in [6.07, 6.45) is 0. The summed E-state index contributed by atoms with van der Waals surface area (Å²) >= 11 is 1.52. The van der Waals surface area contributed by atoms with Crippen LogP contribution in [0.1, 0.15) is 11.1 Å². The predicted octanol–water partition coefficient (Wildman–Crippen LogP) is 3.55. The van der Waals surface area contributed by atoms with Crippen molar-refractivity contribution < 1.29 is 10.0 Å². The molecule has 5 heteroatoms. The smallest absolute Gasteiger partial charge is 0.274 e. The van der Waals surface area contributed by atoms with Crippen molar-refractivity contribution >= 4 is 17.4 Å². The Bertz CT molecular complexity index is 613. The van der Waals surface area contributed by atoms with E-state index in [9.17, 15) is 15.2 Å². The van der Waals surface area contributed by atoms with Gasteiger partial charge in [0.2, 0.25) is 0 Å². The lowest BCUT2D eigenvalue weighted by Gasteiger charge is -2.05. The van der Waals surface area contributed by atoms with Crippen LogP contribution in [0, 0.1) is 17.0 Å². The second kappa shape index (κ2) is 5.86. The van der Waals surface area contributed by atoms with E-state index in [-0.39, 0.29) is 12.3 Å². The molecule has 0 heterocycles. The molecular weight excluding hydrogens is 262 g/mol. The maximum Gasteiger partial charge on any atom is 0.274 e. The molecule has 0 aliphatic carbocycles. The van der Waals surface area contributed by atoms with Gasteiger partial charge >= 0.3 is 0 Å². The molecule has 0 radical (unpaired) electrons. The molecule has 4 nitrogen and oxygen atoms in total. The first-order valence-corrected chi connectivity index (χ1v) is 6.54.